The lowest BCUT2D eigenvalue weighted by atomic mass is 10.1. The Morgan fingerprint density at radius 3 is 2.65 bits per heavy atom. The van der Waals surface area contributed by atoms with E-state index in [0.717, 1.165) is 20.6 Å². The van der Waals surface area contributed by atoms with Gasteiger partial charge in [-0.25, -0.2) is 0 Å². The topological polar surface area (TPSA) is 92.5 Å². The first-order chi connectivity index (χ1) is 12.3. The van der Waals surface area contributed by atoms with Crippen LogP contribution >= 0.6 is 27.3 Å². The maximum atomic E-state index is 12.7. The monoisotopic (exact) mass is 435 g/mol. The van der Waals surface area contributed by atoms with Gasteiger partial charge in [0.05, 0.1) is 17.2 Å². The maximum absolute atomic E-state index is 12.7. The third-order valence-electron chi connectivity index (χ3n) is 4.51. The molecule has 6 nitrogen and oxygen atoms in total. The van der Waals surface area contributed by atoms with Gasteiger partial charge >= 0.3 is 0 Å². The van der Waals surface area contributed by atoms with Crippen LogP contribution in [0.1, 0.15) is 27.2 Å². The molecule has 1 fully saturated rings. The zero-order valence-electron chi connectivity index (χ0n) is 14.3. The molecule has 0 saturated carbocycles. The number of halogens is 1. The Labute approximate surface area is 163 Å². The van der Waals surface area contributed by atoms with Gasteiger partial charge in [0.1, 0.15) is 5.00 Å². The van der Waals surface area contributed by atoms with Crippen molar-refractivity contribution in [1.29, 1.82) is 0 Å². The summed E-state index contributed by atoms with van der Waals surface area (Å²) < 4.78 is 0.801. The van der Waals surface area contributed by atoms with Crippen molar-refractivity contribution in [3.63, 3.8) is 0 Å². The highest BCUT2D eigenvalue weighted by Crippen LogP contribution is 2.34. The molecule has 3 rings (SSSR count). The fraction of sp³-hybridized carbons (Fsp3) is 0.278. The minimum absolute atomic E-state index is 0.106. The molecule has 0 aliphatic carbocycles. The number of carbonyl (C=O) groups is 3. The Morgan fingerprint density at radius 1 is 1.31 bits per heavy atom. The van der Waals surface area contributed by atoms with Crippen molar-refractivity contribution < 1.29 is 14.4 Å². The molecule has 2 heterocycles. The number of nitrogens with zero attached hydrogens (tertiary/aromatic N) is 1. The molecule has 1 aliphatic rings. The van der Waals surface area contributed by atoms with E-state index in [9.17, 15) is 14.4 Å². The van der Waals surface area contributed by atoms with E-state index >= 15 is 0 Å². The Morgan fingerprint density at radius 2 is 2.00 bits per heavy atom. The number of primary amides is 1. The SMILES string of the molecule is Cc1sc(NC(=O)C2CC(=O)N(c3ccccc3Br)C2)c(C(N)=O)c1C. The molecular formula is C18H18BrN3O3S. The van der Waals surface area contributed by atoms with Crippen molar-refractivity contribution in [1.82, 2.24) is 0 Å². The molecule has 0 spiro atoms. The van der Waals surface area contributed by atoms with Crippen LogP contribution in [0.5, 0.6) is 0 Å². The van der Waals surface area contributed by atoms with Gasteiger partial charge in [0.25, 0.3) is 5.91 Å². The predicted molar refractivity (Wildman–Crippen MR) is 106 cm³/mol. The normalized spacial score (nSPS) is 16.8. The minimum Gasteiger partial charge on any atom is -0.365 e. The number of amides is 3. The molecule has 3 amide bonds. The van der Waals surface area contributed by atoms with Crippen LogP contribution in [-0.2, 0) is 9.59 Å². The van der Waals surface area contributed by atoms with Gasteiger partial charge in [-0.2, -0.15) is 0 Å². The number of hydrogen-bond acceptors (Lipinski definition) is 4. The lowest BCUT2D eigenvalue weighted by molar-refractivity contribution is -0.122. The number of hydrogen-bond donors (Lipinski definition) is 2. The summed E-state index contributed by atoms with van der Waals surface area (Å²) in [7, 11) is 0. The van der Waals surface area contributed by atoms with E-state index in [-0.39, 0.29) is 18.2 Å². The van der Waals surface area contributed by atoms with E-state index in [0.29, 0.717) is 17.1 Å². The molecule has 8 heteroatoms. The summed E-state index contributed by atoms with van der Waals surface area (Å²) in [5.41, 5.74) is 7.30. The summed E-state index contributed by atoms with van der Waals surface area (Å²) >= 11 is 4.75. The highest BCUT2D eigenvalue weighted by molar-refractivity contribution is 9.10. The first kappa shape index (κ1) is 18.6. The molecule has 136 valence electrons. The van der Waals surface area contributed by atoms with Crippen LogP contribution < -0.4 is 16.0 Å². The van der Waals surface area contributed by atoms with Crippen molar-refractivity contribution in [2.75, 3.05) is 16.8 Å². The van der Waals surface area contributed by atoms with E-state index in [1.165, 1.54) is 11.3 Å². The summed E-state index contributed by atoms with van der Waals surface area (Å²) in [5, 5.41) is 3.24. The van der Waals surface area contributed by atoms with Gasteiger partial charge in [-0.05, 0) is 47.5 Å². The van der Waals surface area contributed by atoms with Crippen LogP contribution in [0.2, 0.25) is 0 Å². The van der Waals surface area contributed by atoms with Crippen LogP contribution in [-0.4, -0.2) is 24.3 Å². The molecule has 3 N–H and O–H groups in total. The van der Waals surface area contributed by atoms with Crippen LogP contribution in [0.3, 0.4) is 0 Å². The maximum Gasteiger partial charge on any atom is 0.251 e. The summed E-state index contributed by atoms with van der Waals surface area (Å²) in [6.45, 7) is 3.97. The third kappa shape index (κ3) is 3.39. The fourth-order valence-corrected chi connectivity index (χ4v) is 4.58. The van der Waals surface area contributed by atoms with E-state index in [2.05, 4.69) is 21.2 Å². The number of carbonyl (C=O) groups excluding carboxylic acids is 3. The number of rotatable bonds is 4. The van der Waals surface area contributed by atoms with Gasteiger partial charge in [-0.15, -0.1) is 11.3 Å². The highest BCUT2D eigenvalue weighted by Gasteiger charge is 2.36. The van der Waals surface area contributed by atoms with Crippen molar-refractivity contribution in [2.24, 2.45) is 11.7 Å². The van der Waals surface area contributed by atoms with E-state index in [1.54, 1.807) is 11.8 Å². The molecule has 0 bridgehead atoms. The lowest BCUT2D eigenvalue weighted by Crippen LogP contribution is -2.28. The van der Waals surface area contributed by atoms with Crippen LogP contribution in [0.25, 0.3) is 0 Å². The van der Waals surface area contributed by atoms with Crippen molar-refractivity contribution >= 4 is 55.7 Å². The van der Waals surface area contributed by atoms with E-state index < -0.39 is 11.8 Å². The number of nitrogens with one attached hydrogen (secondary N) is 1. The predicted octanol–water partition coefficient (Wildman–Crippen LogP) is 3.22. The number of benzene rings is 1. The summed E-state index contributed by atoms with van der Waals surface area (Å²) in [6, 6.07) is 7.40. The molecule has 26 heavy (non-hydrogen) atoms. The van der Waals surface area contributed by atoms with Gasteiger partial charge in [0.15, 0.2) is 0 Å². The van der Waals surface area contributed by atoms with Gasteiger partial charge in [0, 0.05) is 22.3 Å². The van der Waals surface area contributed by atoms with Gasteiger partial charge in [-0.1, -0.05) is 12.1 Å². The van der Waals surface area contributed by atoms with Crippen LogP contribution in [0.4, 0.5) is 10.7 Å². The standard InChI is InChI=1S/C18H18BrN3O3S/c1-9-10(2)26-18(15(9)16(20)24)21-17(25)11-7-14(23)22(8-11)13-6-4-3-5-12(13)19/h3-6,11H,7-8H2,1-2H3,(H2,20,24)(H,21,25). The summed E-state index contributed by atoms with van der Waals surface area (Å²) in [4.78, 5) is 39.3. The Balaban J connectivity index is 1.78. The molecule has 0 radical (unpaired) electrons. The first-order valence-corrected chi connectivity index (χ1v) is 9.66. The first-order valence-electron chi connectivity index (χ1n) is 8.05. The average molecular weight is 436 g/mol. The van der Waals surface area contributed by atoms with Crippen molar-refractivity contribution in [3.8, 4) is 0 Å². The van der Waals surface area contributed by atoms with Crippen LogP contribution in [0.15, 0.2) is 28.7 Å². The Kier molecular flexibility index (Phi) is 5.15. The van der Waals surface area contributed by atoms with Gasteiger partial charge in [-0.3, -0.25) is 14.4 Å². The van der Waals surface area contributed by atoms with E-state index in [1.807, 2.05) is 31.2 Å². The highest BCUT2D eigenvalue weighted by atomic mass is 79.9. The molecule has 1 aromatic heterocycles. The van der Waals surface area contributed by atoms with E-state index in [4.69, 9.17) is 5.73 Å². The molecule has 1 saturated heterocycles. The van der Waals surface area contributed by atoms with Crippen LogP contribution in [0, 0.1) is 19.8 Å². The second kappa shape index (κ2) is 7.20. The molecular weight excluding hydrogens is 418 g/mol. The number of para-hydroxylation sites is 1. The smallest absolute Gasteiger partial charge is 0.251 e. The van der Waals surface area contributed by atoms with Crippen molar-refractivity contribution in [2.45, 2.75) is 20.3 Å². The molecule has 1 aliphatic heterocycles. The summed E-state index contributed by atoms with van der Waals surface area (Å²) in [6.07, 6.45) is 0.127. The second-order valence-corrected chi connectivity index (χ2v) is 8.28. The molecule has 1 unspecified atom stereocenters. The molecule has 1 aromatic carbocycles. The quantitative estimate of drug-likeness (QED) is 0.771. The lowest BCUT2D eigenvalue weighted by Gasteiger charge is -2.18. The average Bonchev–Trinajstić information content (AvgIpc) is 3.08. The molecule has 2 aromatic rings. The van der Waals surface area contributed by atoms with Crippen molar-refractivity contribution in [3.05, 3.63) is 44.7 Å². The zero-order valence-corrected chi connectivity index (χ0v) is 16.7. The summed E-state index contributed by atoms with van der Waals surface area (Å²) in [5.74, 6) is -1.44. The largest absolute Gasteiger partial charge is 0.365 e. The number of thiophene rings is 1. The fourth-order valence-electron chi connectivity index (χ4n) is 3.01. The molecule has 1 atom stereocenters. The number of aryl methyl sites for hydroxylation is 1. The van der Waals surface area contributed by atoms with Gasteiger partial charge in [0.2, 0.25) is 11.8 Å². The third-order valence-corrected chi connectivity index (χ3v) is 6.30. The zero-order chi connectivity index (χ0) is 19.0. The minimum atomic E-state index is -0.570. The Hall–Kier alpha value is -2.19. The Bertz CT molecular complexity index is 909. The van der Waals surface area contributed by atoms with Gasteiger partial charge < -0.3 is 16.0 Å². The number of anilines is 2. The number of nitrogens with two attached hydrogens (primary N) is 1. The second-order valence-electron chi connectivity index (χ2n) is 6.20.